The summed E-state index contributed by atoms with van der Waals surface area (Å²) in [5.74, 6) is 0.737. The van der Waals surface area contributed by atoms with Crippen LogP contribution >= 0.6 is 66.7 Å². The van der Waals surface area contributed by atoms with Gasteiger partial charge in [-0.2, -0.15) is 5.10 Å². The van der Waals surface area contributed by atoms with Gasteiger partial charge in [-0.1, -0.05) is 93.3 Å². The number of thioether (sulfide) groups is 2. The number of rotatable bonds is 8. The number of carbonyl (C=O) groups is 1. The van der Waals surface area contributed by atoms with Crippen molar-refractivity contribution in [3.8, 4) is 5.75 Å². The Kier molecular flexibility index (Phi) is 8.42. The van der Waals surface area contributed by atoms with Crippen molar-refractivity contribution in [2.75, 3.05) is 5.75 Å². The number of benzene rings is 3. The fraction of sp³-hybridized carbons (Fsp3) is 0.0909. The molecule has 1 aromatic heterocycles. The van der Waals surface area contributed by atoms with Crippen LogP contribution in [-0.2, 0) is 10.5 Å². The number of aromatic nitrogens is 2. The number of hydrazone groups is 1. The molecule has 0 atom stereocenters. The third-order valence-electron chi connectivity index (χ3n) is 4.40. The summed E-state index contributed by atoms with van der Waals surface area (Å²) in [6.07, 6.45) is 1.39. The monoisotopic (exact) mass is 622 g/mol. The Morgan fingerprint density at radius 3 is 2.70 bits per heavy atom. The van der Waals surface area contributed by atoms with Crippen molar-refractivity contribution in [1.82, 2.24) is 15.6 Å². The van der Waals surface area contributed by atoms with Crippen LogP contribution in [0.2, 0.25) is 0 Å². The molecule has 0 radical (unpaired) electrons. The molecule has 0 bridgehead atoms. The number of aromatic hydroxyl groups is 1. The number of carbonyl (C=O) groups excluding carboxylic acids is 1. The fourth-order valence-corrected chi connectivity index (χ4v) is 6.96. The van der Waals surface area contributed by atoms with E-state index < -0.39 is 0 Å². The van der Waals surface area contributed by atoms with E-state index in [1.807, 2.05) is 12.1 Å². The normalized spacial score (nSPS) is 11.3. The molecule has 4 rings (SSSR count). The van der Waals surface area contributed by atoms with Crippen LogP contribution in [0.15, 0.2) is 77.3 Å². The van der Waals surface area contributed by atoms with Crippen LogP contribution in [0.3, 0.4) is 0 Å². The Bertz CT molecular complexity index is 1320. The van der Waals surface area contributed by atoms with E-state index in [0.717, 1.165) is 18.9 Å². The van der Waals surface area contributed by atoms with Crippen LogP contribution in [-0.4, -0.2) is 33.2 Å². The van der Waals surface area contributed by atoms with Crippen LogP contribution in [0.4, 0.5) is 0 Å². The first-order chi connectivity index (χ1) is 16.0. The number of hydrogen-bond acceptors (Lipinski definition) is 8. The number of nitrogens with zero attached hydrogens (tertiary/aromatic N) is 3. The molecule has 4 aromatic rings. The number of phenols is 1. The van der Waals surface area contributed by atoms with Crippen molar-refractivity contribution < 1.29 is 9.90 Å². The molecule has 11 heteroatoms. The number of amides is 1. The minimum absolute atomic E-state index is 0.0490. The minimum Gasteiger partial charge on any atom is -0.506 e. The van der Waals surface area contributed by atoms with E-state index in [2.05, 4.69) is 82.9 Å². The van der Waals surface area contributed by atoms with Gasteiger partial charge in [0.1, 0.15) is 5.75 Å². The van der Waals surface area contributed by atoms with Gasteiger partial charge in [0.2, 0.25) is 0 Å². The van der Waals surface area contributed by atoms with Gasteiger partial charge in [0.05, 0.1) is 16.4 Å². The van der Waals surface area contributed by atoms with Crippen molar-refractivity contribution in [3.63, 3.8) is 0 Å². The summed E-state index contributed by atoms with van der Waals surface area (Å²) >= 11 is 11.0. The molecule has 0 unspecified atom stereocenters. The summed E-state index contributed by atoms with van der Waals surface area (Å²) in [6.45, 7) is 0. The molecule has 1 heterocycles. The average Bonchev–Trinajstić information content (AvgIpc) is 3.27. The summed E-state index contributed by atoms with van der Waals surface area (Å²) in [5.41, 5.74) is 4.18. The second-order valence-corrected chi connectivity index (χ2v) is 11.9. The Morgan fingerprint density at radius 2 is 1.85 bits per heavy atom. The maximum atomic E-state index is 12.1. The smallest absolute Gasteiger partial charge is 0.250 e. The van der Waals surface area contributed by atoms with E-state index in [1.165, 1.54) is 45.6 Å². The maximum Gasteiger partial charge on any atom is 0.250 e. The molecule has 33 heavy (non-hydrogen) atoms. The maximum absolute atomic E-state index is 12.1. The Hall–Kier alpha value is -1.92. The molecule has 0 aliphatic carbocycles. The van der Waals surface area contributed by atoms with Crippen molar-refractivity contribution in [2.24, 2.45) is 5.10 Å². The van der Waals surface area contributed by atoms with Gasteiger partial charge in [0, 0.05) is 15.8 Å². The molecule has 3 aromatic carbocycles. The summed E-state index contributed by atoms with van der Waals surface area (Å²) in [7, 11) is 0. The summed E-state index contributed by atoms with van der Waals surface area (Å²) in [5, 5.41) is 24.8. The van der Waals surface area contributed by atoms with E-state index in [0.29, 0.717) is 10.0 Å². The van der Waals surface area contributed by atoms with Gasteiger partial charge in [-0.05, 0) is 44.4 Å². The highest BCUT2D eigenvalue weighted by Gasteiger charge is 2.10. The SMILES string of the molecule is O=C(CSc1nnc(SCc2cccc3ccccc23)s1)N/N=C/c1cc(Br)cc(Br)c1O. The minimum atomic E-state index is -0.273. The molecule has 0 aliphatic heterocycles. The van der Waals surface area contributed by atoms with Gasteiger partial charge in [0.25, 0.3) is 5.91 Å². The zero-order chi connectivity index (χ0) is 23.2. The second-order valence-electron chi connectivity index (χ2n) is 6.67. The van der Waals surface area contributed by atoms with Crippen LogP contribution in [0.5, 0.6) is 5.75 Å². The van der Waals surface area contributed by atoms with Crippen LogP contribution < -0.4 is 5.43 Å². The molecule has 1 amide bonds. The Balaban J connectivity index is 1.27. The lowest BCUT2D eigenvalue weighted by Gasteiger charge is -2.04. The predicted molar refractivity (Wildman–Crippen MR) is 143 cm³/mol. The fourth-order valence-electron chi connectivity index (χ4n) is 2.89. The van der Waals surface area contributed by atoms with Crippen LogP contribution in [0, 0.1) is 0 Å². The summed E-state index contributed by atoms with van der Waals surface area (Å²) < 4.78 is 2.90. The number of fused-ring (bicyclic) bond motifs is 1. The van der Waals surface area contributed by atoms with E-state index in [1.54, 1.807) is 23.9 Å². The predicted octanol–water partition coefficient (Wildman–Crippen LogP) is 6.46. The molecule has 6 nitrogen and oxygen atoms in total. The summed E-state index contributed by atoms with van der Waals surface area (Å²) in [4.78, 5) is 12.1. The van der Waals surface area contributed by atoms with Gasteiger partial charge < -0.3 is 5.11 Å². The second kappa shape index (κ2) is 11.5. The molecular formula is C22H16Br2N4O2S3. The first-order valence-electron chi connectivity index (χ1n) is 9.55. The lowest BCUT2D eigenvalue weighted by Crippen LogP contribution is -2.19. The van der Waals surface area contributed by atoms with Gasteiger partial charge in [0.15, 0.2) is 8.68 Å². The molecule has 2 N–H and O–H groups in total. The standard InChI is InChI=1S/C22H16Br2N4O2S3/c23-16-8-15(20(30)18(24)9-16)10-25-26-19(29)12-32-22-28-27-21(33-22)31-11-14-6-3-5-13-4-1-2-7-17(13)14/h1-10,30H,11-12H2,(H,26,29)/b25-10+. The van der Waals surface area contributed by atoms with E-state index in [9.17, 15) is 9.90 Å². The number of nitrogens with one attached hydrogen (secondary N) is 1. The first kappa shape index (κ1) is 24.2. The molecule has 0 spiro atoms. The largest absolute Gasteiger partial charge is 0.506 e. The number of phenolic OH excluding ortho intramolecular Hbond substituents is 1. The number of halogens is 2. The zero-order valence-corrected chi connectivity index (χ0v) is 22.5. The van der Waals surface area contributed by atoms with Crippen molar-refractivity contribution in [1.29, 1.82) is 0 Å². The van der Waals surface area contributed by atoms with E-state index >= 15 is 0 Å². The molecular weight excluding hydrogens is 608 g/mol. The highest BCUT2D eigenvalue weighted by molar-refractivity contribution is 9.11. The van der Waals surface area contributed by atoms with Gasteiger partial charge in [-0.15, -0.1) is 10.2 Å². The van der Waals surface area contributed by atoms with E-state index in [4.69, 9.17) is 0 Å². The van der Waals surface area contributed by atoms with Gasteiger partial charge in [-0.25, -0.2) is 5.43 Å². The molecule has 168 valence electrons. The average molecular weight is 624 g/mol. The topological polar surface area (TPSA) is 87.5 Å². The highest BCUT2D eigenvalue weighted by Crippen LogP contribution is 2.33. The molecule has 0 aliphatic rings. The first-order valence-corrected chi connectivity index (χ1v) is 13.9. The quantitative estimate of drug-likeness (QED) is 0.133. The van der Waals surface area contributed by atoms with Crippen molar-refractivity contribution in [2.45, 2.75) is 14.4 Å². The molecule has 0 fully saturated rings. The van der Waals surface area contributed by atoms with E-state index in [-0.39, 0.29) is 17.4 Å². The van der Waals surface area contributed by atoms with Gasteiger partial charge >= 0.3 is 0 Å². The number of hydrogen-bond donors (Lipinski definition) is 2. The Labute approximate surface area is 219 Å². The van der Waals surface area contributed by atoms with Crippen molar-refractivity contribution in [3.05, 3.63) is 74.7 Å². The Morgan fingerprint density at radius 1 is 1.09 bits per heavy atom. The lowest BCUT2D eigenvalue weighted by molar-refractivity contribution is -0.118. The summed E-state index contributed by atoms with van der Waals surface area (Å²) in [6, 6.07) is 18.1. The third kappa shape index (κ3) is 6.57. The van der Waals surface area contributed by atoms with Crippen LogP contribution in [0.25, 0.3) is 10.8 Å². The third-order valence-corrected chi connectivity index (χ3v) is 8.70. The van der Waals surface area contributed by atoms with Crippen molar-refractivity contribution >= 4 is 89.6 Å². The van der Waals surface area contributed by atoms with Gasteiger partial charge in [-0.3, -0.25) is 4.79 Å². The molecule has 0 saturated carbocycles. The van der Waals surface area contributed by atoms with Crippen LogP contribution in [0.1, 0.15) is 11.1 Å². The molecule has 0 saturated heterocycles. The lowest BCUT2D eigenvalue weighted by atomic mass is 10.1. The highest BCUT2D eigenvalue weighted by atomic mass is 79.9. The zero-order valence-electron chi connectivity index (χ0n) is 16.9.